The van der Waals surface area contributed by atoms with Gasteiger partial charge in [0.15, 0.2) is 11.1 Å². The van der Waals surface area contributed by atoms with Crippen LogP contribution >= 0.6 is 0 Å². The van der Waals surface area contributed by atoms with Gasteiger partial charge in [-0.15, -0.1) is 0 Å². The Kier molecular flexibility index (Phi) is 6.36. The topological polar surface area (TPSA) is 44.8 Å². The third kappa shape index (κ3) is 4.88. The Hall–Kier alpha value is -0.750. The standard InChI is InChI=1S/C16H24O4S/c1-3-16(12-20-13-16)11-19-10-15-6-4-14(5-7-15)8-9-21(17)18-2/h4-7H,3,8-13H2,1-2H3. The van der Waals surface area contributed by atoms with E-state index in [1.165, 1.54) is 12.7 Å². The molecule has 0 spiro atoms. The summed E-state index contributed by atoms with van der Waals surface area (Å²) in [6.45, 7) is 5.22. The molecule has 1 saturated heterocycles. The minimum absolute atomic E-state index is 0.240. The summed E-state index contributed by atoms with van der Waals surface area (Å²) >= 11 is -1.18. The first-order chi connectivity index (χ1) is 10.2. The van der Waals surface area contributed by atoms with E-state index in [4.69, 9.17) is 13.7 Å². The minimum Gasteiger partial charge on any atom is -0.380 e. The van der Waals surface area contributed by atoms with Crippen molar-refractivity contribution in [2.45, 2.75) is 26.4 Å². The molecule has 0 bridgehead atoms. The Labute approximate surface area is 129 Å². The van der Waals surface area contributed by atoms with Crippen molar-refractivity contribution in [3.8, 4) is 0 Å². The van der Waals surface area contributed by atoms with Gasteiger partial charge in [0.1, 0.15) is 0 Å². The van der Waals surface area contributed by atoms with Crippen molar-refractivity contribution in [3.63, 3.8) is 0 Å². The second-order valence-corrected chi connectivity index (χ2v) is 6.93. The summed E-state index contributed by atoms with van der Waals surface area (Å²) in [5.74, 6) is 0.533. The molecular formula is C16H24O4S. The molecule has 0 aliphatic carbocycles. The zero-order valence-corrected chi connectivity index (χ0v) is 13.6. The van der Waals surface area contributed by atoms with Gasteiger partial charge in [0, 0.05) is 5.41 Å². The summed E-state index contributed by atoms with van der Waals surface area (Å²) in [6, 6.07) is 8.27. The van der Waals surface area contributed by atoms with Gasteiger partial charge in [0.2, 0.25) is 0 Å². The Morgan fingerprint density at radius 2 is 1.90 bits per heavy atom. The van der Waals surface area contributed by atoms with Crippen molar-refractivity contribution in [2.75, 3.05) is 32.7 Å². The van der Waals surface area contributed by atoms with E-state index in [0.29, 0.717) is 12.4 Å². The molecule has 1 unspecified atom stereocenters. The smallest absolute Gasteiger partial charge is 0.155 e. The van der Waals surface area contributed by atoms with Crippen LogP contribution < -0.4 is 0 Å². The molecule has 0 aromatic heterocycles. The first kappa shape index (κ1) is 16.6. The van der Waals surface area contributed by atoms with Crippen LogP contribution in [0.25, 0.3) is 0 Å². The third-order valence-electron chi connectivity index (χ3n) is 4.01. The Balaban J connectivity index is 1.73. The lowest BCUT2D eigenvalue weighted by atomic mass is 9.84. The summed E-state index contributed by atoms with van der Waals surface area (Å²) in [6.07, 6.45) is 1.86. The van der Waals surface area contributed by atoms with Gasteiger partial charge in [-0.1, -0.05) is 31.2 Å². The fraction of sp³-hybridized carbons (Fsp3) is 0.625. The van der Waals surface area contributed by atoms with Gasteiger partial charge in [0.25, 0.3) is 0 Å². The molecule has 5 heteroatoms. The van der Waals surface area contributed by atoms with Crippen LogP contribution in [-0.4, -0.2) is 36.9 Å². The second-order valence-electron chi connectivity index (χ2n) is 5.58. The maximum Gasteiger partial charge on any atom is 0.155 e. The molecule has 0 N–H and O–H groups in total. The van der Waals surface area contributed by atoms with Gasteiger partial charge in [-0.2, -0.15) is 0 Å². The predicted molar refractivity (Wildman–Crippen MR) is 83.4 cm³/mol. The first-order valence-electron chi connectivity index (χ1n) is 7.33. The Bertz CT molecular complexity index is 448. The fourth-order valence-corrected chi connectivity index (χ4v) is 2.82. The SMILES string of the molecule is CCC1(COCc2ccc(CCS(=O)OC)cc2)COC1. The highest BCUT2D eigenvalue weighted by atomic mass is 32.2. The number of hydrogen-bond acceptors (Lipinski definition) is 4. The molecule has 0 amide bonds. The van der Waals surface area contributed by atoms with E-state index in [0.717, 1.165) is 38.2 Å². The maximum atomic E-state index is 11.2. The first-order valence-corrected chi connectivity index (χ1v) is 8.58. The molecule has 1 fully saturated rings. The molecule has 0 saturated carbocycles. The lowest BCUT2D eigenvalue weighted by molar-refractivity contribution is -0.152. The van der Waals surface area contributed by atoms with E-state index >= 15 is 0 Å². The van der Waals surface area contributed by atoms with Crippen molar-refractivity contribution in [1.29, 1.82) is 0 Å². The number of ether oxygens (including phenoxy) is 2. The quantitative estimate of drug-likeness (QED) is 0.703. The molecule has 1 heterocycles. The van der Waals surface area contributed by atoms with Crippen LogP contribution in [-0.2, 0) is 37.8 Å². The van der Waals surface area contributed by atoms with E-state index in [9.17, 15) is 4.21 Å². The molecule has 1 aromatic carbocycles. The van der Waals surface area contributed by atoms with Crippen molar-refractivity contribution in [2.24, 2.45) is 5.41 Å². The average Bonchev–Trinajstić information content (AvgIpc) is 2.48. The van der Waals surface area contributed by atoms with E-state index in [1.54, 1.807) is 0 Å². The van der Waals surface area contributed by atoms with E-state index < -0.39 is 11.1 Å². The molecule has 4 nitrogen and oxygen atoms in total. The third-order valence-corrected chi connectivity index (χ3v) is 4.92. The van der Waals surface area contributed by atoms with Gasteiger partial charge in [0.05, 0.1) is 39.3 Å². The van der Waals surface area contributed by atoms with Crippen LogP contribution in [0.3, 0.4) is 0 Å². The van der Waals surface area contributed by atoms with Crippen LogP contribution in [0.5, 0.6) is 0 Å². The van der Waals surface area contributed by atoms with Gasteiger partial charge in [-0.05, 0) is 24.0 Å². The van der Waals surface area contributed by atoms with Crippen molar-refractivity contribution >= 4 is 11.1 Å². The van der Waals surface area contributed by atoms with Crippen molar-refractivity contribution in [1.82, 2.24) is 0 Å². The highest BCUT2D eigenvalue weighted by Crippen LogP contribution is 2.31. The average molecular weight is 312 g/mol. The molecule has 0 radical (unpaired) electrons. The number of benzene rings is 1. The summed E-state index contributed by atoms with van der Waals surface area (Å²) in [5.41, 5.74) is 2.57. The molecule has 118 valence electrons. The number of hydrogen-bond donors (Lipinski definition) is 0. The number of aryl methyl sites for hydroxylation is 1. The van der Waals surface area contributed by atoms with Crippen molar-refractivity contribution in [3.05, 3.63) is 35.4 Å². The maximum absolute atomic E-state index is 11.2. The monoisotopic (exact) mass is 312 g/mol. The van der Waals surface area contributed by atoms with Gasteiger partial charge < -0.3 is 9.47 Å². The molecule has 2 rings (SSSR count). The van der Waals surface area contributed by atoms with Crippen molar-refractivity contribution < 1.29 is 17.9 Å². The summed E-state index contributed by atoms with van der Waals surface area (Å²) in [5, 5.41) is 0. The lowest BCUT2D eigenvalue weighted by Gasteiger charge is -2.40. The predicted octanol–water partition coefficient (Wildman–Crippen LogP) is 2.48. The normalized spacial score (nSPS) is 18.2. The largest absolute Gasteiger partial charge is 0.380 e. The van der Waals surface area contributed by atoms with Gasteiger partial charge >= 0.3 is 0 Å². The zero-order chi connectivity index (χ0) is 15.1. The van der Waals surface area contributed by atoms with E-state index in [2.05, 4.69) is 31.2 Å². The minimum atomic E-state index is -1.18. The molecule has 1 atom stereocenters. The van der Waals surface area contributed by atoms with Crippen LogP contribution in [0, 0.1) is 5.41 Å². The lowest BCUT2D eigenvalue weighted by Crippen LogP contribution is -2.45. The highest BCUT2D eigenvalue weighted by Gasteiger charge is 2.36. The zero-order valence-electron chi connectivity index (χ0n) is 12.8. The second kappa shape index (κ2) is 8.03. The summed E-state index contributed by atoms with van der Waals surface area (Å²) < 4.78 is 27.1. The molecule has 1 aliphatic rings. The molecule has 21 heavy (non-hydrogen) atoms. The number of rotatable bonds is 9. The highest BCUT2D eigenvalue weighted by molar-refractivity contribution is 7.80. The summed E-state index contributed by atoms with van der Waals surface area (Å²) in [4.78, 5) is 0. The fourth-order valence-electron chi connectivity index (χ4n) is 2.25. The Morgan fingerprint density at radius 1 is 1.24 bits per heavy atom. The Morgan fingerprint density at radius 3 is 2.43 bits per heavy atom. The van der Waals surface area contributed by atoms with Crippen LogP contribution in [0.1, 0.15) is 24.5 Å². The van der Waals surface area contributed by atoms with Crippen LogP contribution in [0.2, 0.25) is 0 Å². The van der Waals surface area contributed by atoms with Crippen LogP contribution in [0.4, 0.5) is 0 Å². The molecule has 1 aromatic rings. The van der Waals surface area contributed by atoms with Gasteiger partial charge in [-0.3, -0.25) is 4.18 Å². The van der Waals surface area contributed by atoms with E-state index in [1.807, 2.05) is 0 Å². The molecular weight excluding hydrogens is 288 g/mol. The summed E-state index contributed by atoms with van der Waals surface area (Å²) in [7, 11) is 1.47. The van der Waals surface area contributed by atoms with E-state index in [-0.39, 0.29) is 5.41 Å². The molecule has 1 aliphatic heterocycles. The van der Waals surface area contributed by atoms with Crippen LogP contribution in [0.15, 0.2) is 24.3 Å². The van der Waals surface area contributed by atoms with Gasteiger partial charge in [-0.25, -0.2) is 4.21 Å².